The summed E-state index contributed by atoms with van der Waals surface area (Å²) in [5.41, 5.74) is 0. The van der Waals surface area contributed by atoms with Crippen molar-refractivity contribution in [3.05, 3.63) is 21.3 Å². The Bertz CT molecular complexity index is 428. The molecule has 4 heteroatoms. The second-order valence-corrected chi connectivity index (χ2v) is 8.32. The molecule has 2 N–H and O–H groups in total. The van der Waals surface area contributed by atoms with E-state index in [-0.39, 0.29) is 0 Å². The van der Waals surface area contributed by atoms with Gasteiger partial charge in [0.05, 0.1) is 4.34 Å². The Kier molecular flexibility index (Phi) is 5.98. The van der Waals surface area contributed by atoms with Crippen LogP contribution in [0, 0.1) is 5.92 Å². The van der Waals surface area contributed by atoms with E-state index in [1.807, 2.05) is 6.07 Å². The first kappa shape index (κ1) is 15.8. The average molecular weight is 327 g/mol. The Morgan fingerprint density at radius 3 is 2.76 bits per heavy atom. The highest BCUT2D eigenvalue weighted by atomic mass is 35.5. The van der Waals surface area contributed by atoms with Crippen LogP contribution in [-0.4, -0.2) is 25.2 Å². The van der Waals surface area contributed by atoms with Gasteiger partial charge in [0.15, 0.2) is 0 Å². The van der Waals surface area contributed by atoms with Crippen LogP contribution in [0.3, 0.4) is 0 Å². The van der Waals surface area contributed by atoms with Crippen molar-refractivity contribution >= 4 is 22.9 Å². The van der Waals surface area contributed by atoms with Crippen molar-refractivity contribution in [2.75, 3.05) is 13.1 Å². The lowest BCUT2D eigenvalue weighted by atomic mass is 9.77. The first-order valence-corrected chi connectivity index (χ1v) is 9.73. The molecule has 1 aliphatic heterocycles. The molecule has 2 aliphatic rings. The smallest absolute Gasteiger partial charge is 0.0931 e. The van der Waals surface area contributed by atoms with E-state index in [4.69, 9.17) is 11.6 Å². The fourth-order valence-electron chi connectivity index (χ4n) is 4.01. The van der Waals surface area contributed by atoms with Crippen LogP contribution in [0.5, 0.6) is 0 Å². The normalized spacial score (nSPS) is 30.4. The lowest BCUT2D eigenvalue weighted by Crippen LogP contribution is -2.50. The maximum atomic E-state index is 6.00. The summed E-state index contributed by atoms with van der Waals surface area (Å²) in [6.07, 6.45) is 10.8. The molecule has 3 unspecified atom stereocenters. The van der Waals surface area contributed by atoms with Gasteiger partial charge in [-0.3, -0.25) is 0 Å². The van der Waals surface area contributed by atoms with Gasteiger partial charge in [-0.25, -0.2) is 0 Å². The van der Waals surface area contributed by atoms with E-state index in [0.29, 0.717) is 6.04 Å². The summed E-state index contributed by atoms with van der Waals surface area (Å²) >= 11 is 7.72. The molecule has 1 saturated heterocycles. The monoisotopic (exact) mass is 326 g/mol. The molecule has 0 aromatic carbocycles. The molecule has 1 aromatic rings. The van der Waals surface area contributed by atoms with Crippen LogP contribution >= 0.6 is 22.9 Å². The Morgan fingerprint density at radius 1 is 1.14 bits per heavy atom. The molecular formula is C17H27ClN2S. The first-order chi connectivity index (χ1) is 10.3. The lowest BCUT2D eigenvalue weighted by Gasteiger charge is -2.40. The number of nitrogens with one attached hydrogen (secondary N) is 2. The van der Waals surface area contributed by atoms with Crippen molar-refractivity contribution in [3.8, 4) is 0 Å². The minimum Gasteiger partial charge on any atom is -0.314 e. The fourth-order valence-corrected chi connectivity index (χ4v) is 5.09. The van der Waals surface area contributed by atoms with E-state index < -0.39 is 0 Å². The van der Waals surface area contributed by atoms with Gasteiger partial charge < -0.3 is 10.6 Å². The molecule has 0 bridgehead atoms. The number of thiophene rings is 1. The second-order valence-electron chi connectivity index (χ2n) is 6.52. The molecule has 0 amide bonds. The topological polar surface area (TPSA) is 24.1 Å². The molecular weight excluding hydrogens is 300 g/mol. The van der Waals surface area contributed by atoms with Crippen molar-refractivity contribution in [1.82, 2.24) is 10.6 Å². The molecule has 1 saturated carbocycles. The second kappa shape index (κ2) is 7.96. The van der Waals surface area contributed by atoms with E-state index in [1.165, 1.54) is 56.4 Å². The number of hydrogen-bond acceptors (Lipinski definition) is 3. The molecule has 2 heterocycles. The van der Waals surface area contributed by atoms with E-state index in [1.54, 1.807) is 11.3 Å². The lowest BCUT2D eigenvalue weighted by molar-refractivity contribution is 0.183. The predicted octanol–water partition coefficient (Wildman–Crippen LogP) is 4.23. The third-order valence-electron chi connectivity index (χ3n) is 5.09. The number of piperidine rings is 1. The van der Waals surface area contributed by atoms with Gasteiger partial charge >= 0.3 is 0 Å². The zero-order chi connectivity index (χ0) is 14.5. The van der Waals surface area contributed by atoms with E-state index >= 15 is 0 Å². The maximum absolute atomic E-state index is 6.00. The quantitative estimate of drug-likeness (QED) is 0.846. The molecule has 0 spiro atoms. The molecule has 3 rings (SSSR count). The van der Waals surface area contributed by atoms with E-state index in [2.05, 4.69) is 16.7 Å². The summed E-state index contributed by atoms with van der Waals surface area (Å²) in [4.78, 5) is 1.40. The minimum absolute atomic E-state index is 0.713. The fraction of sp³-hybridized carbons (Fsp3) is 0.765. The SMILES string of the molecule is Clc1ccc(CCNC2CCCCC2C2CCCCN2)s1. The van der Waals surface area contributed by atoms with Gasteiger partial charge in [0.1, 0.15) is 0 Å². The highest BCUT2D eigenvalue weighted by molar-refractivity contribution is 7.16. The summed E-state index contributed by atoms with van der Waals surface area (Å²) < 4.78 is 0.909. The number of halogens is 1. The summed E-state index contributed by atoms with van der Waals surface area (Å²) in [6.45, 7) is 2.31. The van der Waals surface area contributed by atoms with Crippen molar-refractivity contribution < 1.29 is 0 Å². The van der Waals surface area contributed by atoms with Crippen molar-refractivity contribution in [2.24, 2.45) is 5.92 Å². The van der Waals surface area contributed by atoms with Crippen LogP contribution < -0.4 is 10.6 Å². The van der Waals surface area contributed by atoms with Gasteiger partial charge in [-0.15, -0.1) is 11.3 Å². The van der Waals surface area contributed by atoms with Gasteiger partial charge in [0.25, 0.3) is 0 Å². The summed E-state index contributed by atoms with van der Waals surface area (Å²) in [5.74, 6) is 0.839. The summed E-state index contributed by atoms with van der Waals surface area (Å²) in [6, 6.07) is 5.64. The highest BCUT2D eigenvalue weighted by Gasteiger charge is 2.31. The molecule has 0 radical (unpaired) electrons. The van der Waals surface area contributed by atoms with Crippen molar-refractivity contribution in [3.63, 3.8) is 0 Å². The molecule has 2 nitrogen and oxygen atoms in total. The van der Waals surface area contributed by atoms with Crippen LogP contribution in [0.2, 0.25) is 4.34 Å². The molecule has 2 fully saturated rings. The zero-order valence-electron chi connectivity index (χ0n) is 12.7. The average Bonchev–Trinajstić information content (AvgIpc) is 2.94. The Labute approximate surface area is 137 Å². The van der Waals surface area contributed by atoms with Crippen LogP contribution in [0.1, 0.15) is 49.8 Å². The molecule has 1 aliphatic carbocycles. The Balaban J connectivity index is 1.49. The summed E-state index contributed by atoms with van der Waals surface area (Å²) in [7, 11) is 0. The van der Waals surface area contributed by atoms with Gasteiger partial charge in [0.2, 0.25) is 0 Å². The number of hydrogen-bond donors (Lipinski definition) is 2. The third-order valence-corrected chi connectivity index (χ3v) is 6.38. The molecule has 3 atom stereocenters. The standard InChI is InChI=1S/C17H27ClN2S/c18-17-9-8-13(21-17)10-12-20-16-6-2-1-5-14(16)15-7-3-4-11-19-15/h8-9,14-16,19-20H,1-7,10-12H2. The van der Waals surface area contributed by atoms with Gasteiger partial charge in [-0.2, -0.15) is 0 Å². The molecule has 1 aromatic heterocycles. The van der Waals surface area contributed by atoms with Crippen LogP contribution in [0.4, 0.5) is 0 Å². The zero-order valence-corrected chi connectivity index (χ0v) is 14.3. The van der Waals surface area contributed by atoms with Crippen molar-refractivity contribution in [1.29, 1.82) is 0 Å². The van der Waals surface area contributed by atoms with Crippen LogP contribution in [0.15, 0.2) is 12.1 Å². The number of rotatable bonds is 5. The van der Waals surface area contributed by atoms with Crippen LogP contribution in [0.25, 0.3) is 0 Å². The first-order valence-electron chi connectivity index (χ1n) is 8.54. The van der Waals surface area contributed by atoms with E-state index in [0.717, 1.165) is 29.3 Å². The van der Waals surface area contributed by atoms with Gasteiger partial charge in [-0.05, 0) is 56.7 Å². The molecule has 118 valence electrons. The minimum atomic E-state index is 0.713. The molecule has 21 heavy (non-hydrogen) atoms. The van der Waals surface area contributed by atoms with E-state index in [9.17, 15) is 0 Å². The highest BCUT2D eigenvalue weighted by Crippen LogP contribution is 2.30. The predicted molar refractivity (Wildman–Crippen MR) is 92.4 cm³/mol. The Hall–Kier alpha value is -0.0900. The van der Waals surface area contributed by atoms with Gasteiger partial charge in [0, 0.05) is 23.5 Å². The summed E-state index contributed by atoms with van der Waals surface area (Å²) in [5, 5.41) is 7.63. The van der Waals surface area contributed by atoms with Gasteiger partial charge in [-0.1, -0.05) is 30.9 Å². The third kappa shape index (κ3) is 4.44. The van der Waals surface area contributed by atoms with Crippen molar-refractivity contribution in [2.45, 2.75) is 63.5 Å². The van der Waals surface area contributed by atoms with Crippen LogP contribution in [-0.2, 0) is 6.42 Å². The maximum Gasteiger partial charge on any atom is 0.0931 e. The largest absolute Gasteiger partial charge is 0.314 e. The Morgan fingerprint density at radius 2 is 2.00 bits per heavy atom.